The Hall–Kier alpha value is -1.62. The number of aliphatic hydroxyl groups is 1. The van der Waals surface area contributed by atoms with Crippen LogP contribution in [-0.4, -0.2) is 33.4 Å². The van der Waals surface area contributed by atoms with Gasteiger partial charge >= 0.3 is 0 Å². The zero-order chi connectivity index (χ0) is 12.8. The second-order valence-electron chi connectivity index (χ2n) is 4.24. The highest BCUT2D eigenvalue weighted by molar-refractivity contribution is 5.91. The molecule has 1 aromatic rings. The van der Waals surface area contributed by atoms with Gasteiger partial charge in [0, 0.05) is 37.5 Å². The van der Waals surface area contributed by atoms with E-state index >= 15 is 0 Å². The van der Waals surface area contributed by atoms with Crippen LogP contribution in [0.15, 0.2) is 18.5 Å². The van der Waals surface area contributed by atoms with Crippen molar-refractivity contribution in [1.82, 2.24) is 15.1 Å². The second-order valence-corrected chi connectivity index (χ2v) is 4.24. The van der Waals surface area contributed by atoms with Gasteiger partial charge in [-0.05, 0) is 18.9 Å². The molecule has 17 heavy (non-hydrogen) atoms. The largest absolute Gasteiger partial charge is 0.396 e. The molecule has 0 saturated heterocycles. The fraction of sp³-hybridized carbons (Fsp3) is 0.500. The van der Waals surface area contributed by atoms with E-state index < -0.39 is 0 Å². The Bertz CT molecular complexity index is 398. The molecule has 0 aliphatic rings. The molecule has 5 nitrogen and oxygen atoms in total. The van der Waals surface area contributed by atoms with Gasteiger partial charge in [-0.2, -0.15) is 5.10 Å². The van der Waals surface area contributed by atoms with Gasteiger partial charge in [0.2, 0.25) is 5.91 Å². The zero-order valence-electron chi connectivity index (χ0n) is 10.4. The molecule has 0 saturated carbocycles. The number of rotatable bonds is 5. The number of carbonyl (C=O) groups excluding carboxylic acids is 1. The highest BCUT2D eigenvalue weighted by Crippen LogP contribution is 2.02. The number of hydrogen-bond donors (Lipinski definition) is 2. The maximum atomic E-state index is 11.5. The number of carbonyl (C=O) groups is 1. The first kappa shape index (κ1) is 13.4. The van der Waals surface area contributed by atoms with E-state index in [1.807, 2.05) is 27.1 Å². The summed E-state index contributed by atoms with van der Waals surface area (Å²) in [6.07, 6.45) is 6.68. The lowest BCUT2D eigenvalue weighted by Crippen LogP contribution is -2.37. The van der Waals surface area contributed by atoms with Crippen LogP contribution < -0.4 is 5.32 Å². The maximum absolute atomic E-state index is 11.5. The van der Waals surface area contributed by atoms with E-state index in [1.165, 1.54) is 6.08 Å². The minimum absolute atomic E-state index is 0.0470. The Labute approximate surface area is 101 Å². The molecule has 0 radical (unpaired) electrons. The quantitative estimate of drug-likeness (QED) is 0.736. The molecular formula is C12H19N3O2. The molecule has 94 valence electrons. The van der Waals surface area contributed by atoms with Gasteiger partial charge in [-0.3, -0.25) is 9.48 Å². The van der Waals surface area contributed by atoms with Gasteiger partial charge in [-0.15, -0.1) is 0 Å². The molecule has 0 bridgehead atoms. The number of hydrogen-bond acceptors (Lipinski definition) is 3. The number of nitrogens with zero attached hydrogens (tertiary/aromatic N) is 2. The summed E-state index contributed by atoms with van der Waals surface area (Å²) in [5.41, 5.74) is 0.880. The predicted molar refractivity (Wildman–Crippen MR) is 66.1 cm³/mol. The molecule has 0 aliphatic heterocycles. The van der Waals surface area contributed by atoms with Crippen molar-refractivity contribution in [3.05, 3.63) is 24.0 Å². The van der Waals surface area contributed by atoms with Crippen molar-refractivity contribution in [1.29, 1.82) is 0 Å². The Morgan fingerprint density at radius 3 is 2.88 bits per heavy atom. The van der Waals surface area contributed by atoms with Crippen LogP contribution in [0, 0.1) is 5.92 Å². The van der Waals surface area contributed by atoms with Crippen molar-refractivity contribution in [2.75, 3.05) is 6.61 Å². The van der Waals surface area contributed by atoms with E-state index in [-0.39, 0.29) is 24.5 Å². The first-order valence-corrected chi connectivity index (χ1v) is 5.61. The van der Waals surface area contributed by atoms with Crippen LogP contribution >= 0.6 is 0 Å². The highest BCUT2D eigenvalue weighted by Gasteiger charge is 2.11. The van der Waals surface area contributed by atoms with E-state index in [0.717, 1.165) is 5.56 Å². The monoisotopic (exact) mass is 237 g/mol. The van der Waals surface area contributed by atoms with E-state index in [4.69, 9.17) is 5.11 Å². The SMILES string of the molecule is CC(CO)C(C)NC(=O)/C=C/c1cnn(C)c1. The minimum atomic E-state index is -0.165. The third-order valence-corrected chi connectivity index (χ3v) is 2.66. The van der Waals surface area contributed by atoms with Gasteiger partial charge in [0.25, 0.3) is 0 Å². The predicted octanol–water partition coefficient (Wildman–Crippen LogP) is 0.566. The fourth-order valence-corrected chi connectivity index (χ4v) is 1.27. The molecule has 0 fully saturated rings. The Morgan fingerprint density at radius 2 is 2.35 bits per heavy atom. The van der Waals surface area contributed by atoms with Crippen LogP contribution in [0.1, 0.15) is 19.4 Å². The summed E-state index contributed by atoms with van der Waals surface area (Å²) >= 11 is 0. The Balaban J connectivity index is 2.47. The smallest absolute Gasteiger partial charge is 0.244 e. The van der Waals surface area contributed by atoms with Gasteiger partial charge in [-0.25, -0.2) is 0 Å². The Kier molecular flexibility index (Phi) is 4.90. The van der Waals surface area contributed by atoms with Crippen molar-refractivity contribution in [2.24, 2.45) is 13.0 Å². The number of aromatic nitrogens is 2. The van der Waals surface area contributed by atoms with Crippen LogP contribution in [0.25, 0.3) is 6.08 Å². The topological polar surface area (TPSA) is 67.2 Å². The third kappa shape index (κ3) is 4.40. The van der Waals surface area contributed by atoms with E-state index in [1.54, 1.807) is 17.0 Å². The third-order valence-electron chi connectivity index (χ3n) is 2.66. The van der Waals surface area contributed by atoms with Crippen LogP contribution in [0.4, 0.5) is 0 Å². The molecule has 1 amide bonds. The standard InChI is InChI=1S/C12H19N3O2/c1-9(8-16)10(2)14-12(17)5-4-11-6-13-15(3)7-11/h4-7,9-10,16H,8H2,1-3H3,(H,14,17)/b5-4+. The van der Waals surface area contributed by atoms with E-state index in [0.29, 0.717) is 0 Å². The van der Waals surface area contributed by atoms with Crippen LogP contribution in [0.3, 0.4) is 0 Å². The minimum Gasteiger partial charge on any atom is -0.396 e. The lowest BCUT2D eigenvalue weighted by molar-refractivity contribution is -0.117. The average molecular weight is 237 g/mol. The van der Waals surface area contributed by atoms with Crippen LogP contribution in [0.2, 0.25) is 0 Å². The Morgan fingerprint density at radius 1 is 1.65 bits per heavy atom. The van der Waals surface area contributed by atoms with Crippen molar-refractivity contribution in [2.45, 2.75) is 19.9 Å². The van der Waals surface area contributed by atoms with E-state index in [9.17, 15) is 4.79 Å². The summed E-state index contributed by atoms with van der Waals surface area (Å²) in [6, 6.07) is -0.0500. The van der Waals surface area contributed by atoms with Crippen molar-refractivity contribution < 1.29 is 9.90 Å². The molecule has 1 aromatic heterocycles. The molecule has 1 heterocycles. The summed E-state index contributed by atoms with van der Waals surface area (Å²) in [5.74, 6) is -0.118. The summed E-state index contributed by atoms with van der Waals surface area (Å²) in [4.78, 5) is 11.5. The molecular weight excluding hydrogens is 218 g/mol. The number of nitrogens with one attached hydrogen (secondary N) is 1. The van der Waals surface area contributed by atoms with Crippen molar-refractivity contribution >= 4 is 12.0 Å². The van der Waals surface area contributed by atoms with Crippen LogP contribution in [0.5, 0.6) is 0 Å². The maximum Gasteiger partial charge on any atom is 0.244 e. The molecule has 2 unspecified atom stereocenters. The fourth-order valence-electron chi connectivity index (χ4n) is 1.27. The summed E-state index contributed by atoms with van der Waals surface area (Å²) < 4.78 is 1.67. The number of aryl methyl sites for hydroxylation is 1. The summed E-state index contributed by atoms with van der Waals surface area (Å²) in [5, 5.41) is 15.7. The molecule has 1 rings (SSSR count). The lowest BCUT2D eigenvalue weighted by Gasteiger charge is -2.17. The first-order chi connectivity index (χ1) is 8.02. The normalized spacial score (nSPS) is 14.8. The summed E-state index contributed by atoms with van der Waals surface area (Å²) in [7, 11) is 1.82. The molecule has 5 heteroatoms. The molecule has 0 aliphatic carbocycles. The van der Waals surface area contributed by atoms with Crippen molar-refractivity contribution in [3.63, 3.8) is 0 Å². The van der Waals surface area contributed by atoms with Gasteiger partial charge in [0.05, 0.1) is 6.20 Å². The van der Waals surface area contributed by atoms with Gasteiger partial charge < -0.3 is 10.4 Å². The number of amides is 1. The zero-order valence-corrected chi connectivity index (χ0v) is 10.4. The summed E-state index contributed by atoms with van der Waals surface area (Å²) in [6.45, 7) is 3.82. The van der Waals surface area contributed by atoms with Gasteiger partial charge in [0.15, 0.2) is 0 Å². The second kappa shape index (κ2) is 6.20. The van der Waals surface area contributed by atoms with E-state index in [2.05, 4.69) is 10.4 Å². The van der Waals surface area contributed by atoms with Crippen LogP contribution in [-0.2, 0) is 11.8 Å². The van der Waals surface area contributed by atoms with Gasteiger partial charge in [0.1, 0.15) is 0 Å². The lowest BCUT2D eigenvalue weighted by atomic mass is 10.1. The first-order valence-electron chi connectivity index (χ1n) is 5.61. The van der Waals surface area contributed by atoms with Gasteiger partial charge in [-0.1, -0.05) is 6.92 Å². The molecule has 0 spiro atoms. The number of aliphatic hydroxyl groups excluding tert-OH is 1. The molecule has 0 aromatic carbocycles. The molecule has 2 N–H and O–H groups in total. The highest BCUT2D eigenvalue weighted by atomic mass is 16.3. The molecule has 2 atom stereocenters. The average Bonchev–Trinajstić information content (AvgIpc) is 2.71. The van der Waals surface area contributed by atoms with Crippen molar-refractivity contribution in [3.8, 4) is 0 Å².